The molecule has 0 aliphatic rings. The van der Waals surface area contributed by atoms with Crippen molar-refractivity contribution >= 4 is 0 Å². The average molecular weight is 336 g/mol. The molecule has 0 bridgehead atoms. The van der Waals surface area contributed by atoms with Gasteiger partial charge in [0.1, 0.15) is 11.5 Å². The average Bonchev–Trinajstić information content (AvgIpc) is 2.95. The van der Waals surface area contributed by atoms with Gasteiger partial charge in [-0.25, -0.2) is 4.98 Å². The summed E-state index contributed by atoms with van der Waals surface area (Å²) in [4.78, 5) is 7.60. The van der Waals surface area contributed by atoms with Gasteiger partial charge in [-0.05, 0) is 45.7 Å². The number of aromatic hydroxyl groups is 2. The predicted molar refractivity (Wildman–Crippen MR) is 99.4 cm³/mol. The summed E-state index contributed by atoms with van der Waals surface area (Å²) >= 11 is 0. The van der Waals surface area contributed by atoms with Crippen molar-refractivity contribution in [1.82, 2.24) is 9.97 Å². The van der Waals surface area contributed by atoms with E-state index in [-0.39, 0.29) is 17.4 Å². The minimum absolute atomic E-state index is 0.247. The number of benzene rings is 2. The van der Waals surface area contributed by atoms with Crippen LogP contribution in [0.5, 0.6) is 11.5 Å². The Bertz CT molecular complexity index is 884. The Hall–Kier alpha value is -2.75. The number of hydrogen-bond acceptors (Lipinski definition) is 3. The number of aromatic nitrogens is 2. The van der Waals surface area contributed by atoms with Gasteiger partial charge in [0.05, 0.1) is 17.9 Å². The Morgan fingerprint density at radius 1 is 0.800 bits per heavy atom. The Labute approximate surface area is 148 Å². The third-order valence-electron chi connectivity index (χ3n) is 4.71. The van der Waals surface area contributed by atoms with Gasteiger partial charge < -0.3 is 15.2 Å². The largest absolute Gasteiger partial charge is 0.507 e. The highest BCUT2D eigenvalue weighted by atomic mass is 16.3. The van der Waals surface area contributed by atoms with Crippen molar-refractivity contribution in [2.75, 3.05) is 0 Å². The van der Waals surface area contributed by atoms with Gasteiger partial charge in [-0.2, -0.15) is 0 Å². The zero-order valence-corrected chi connectivity index (χ0v) is 15.3. The standard InChI is InChI=1S/C21H24N2O2/c1-11-6-13(3)20(24)16(8-11)18(19-15(5)22-10-23-19)17-9-12(2)7-14(4)21(17)25/h6-10,18,24-25H,1-5H3,(H,22,23). The number of nitrogens with one attached hydrogen (secondary N) is 1. The van der Waals surface area contributed by atoms with E-state index in [4.69, 9.17) is 0 Å². The number of imidazole rings is 1. The smallest absolute Gasteiger partial charge is 0.122 e. The normalized spacial score (nSPS) is 11.3. The molecule has 130 valence electrons. The van der Waals surface area contributed by atoms with Crippen LogP contribution in [-0.2, 0) is 0 Å². The molecule has 0 unspecified atom stereocenters. The lowest BCUT2D eigenvalue weighted by Gasteiger charge is -2.22. The minimum Gasteiger partial charge on any atom is -0.507 e. The second kappa shape index (κ2) is 6.28. The zero-order valence-electron chi connectivity index (χ0n) is 15.3. The molecule has 0 radical (unpaired) electrons. The summed E-state index contributed by atoms with van der Waals surface area (Å²) in [6.07, 6.45) is 1.65. The highest BCUT2D eigenvalue weighted by Crippen LogP contribution is 2.43. The molecule has 0 aliphatic carbocycles. The number of rotatable bonds is 3. The van der Waals surface area contributed by atoms with Crippen LogP contribution in [0, 0.1) is 34.6 Å². The Morgan fingerprint density at radius 3 is 1.68 bits per heavy atom. The van der Waals surface area contributed by atoms with E-state index in [9.17, 15) is 10.2 Å². The van der Waals surface area contributed by atoms with Gasteiger partial charge in [0.2, 0.25) is 0 Å². The molecular weight excluding hydrogens is 312 g/mol. The molecule has 1 heterocycles. The molecule has 0 fully saturated rings. The van der Waals surface area contributed by atoms with Crippen LogP contribution in [0.3, 0.4) is 0 Å². The lowest BCUT2D eigenvalue weighted by atomic mass is 9.83. The fourth-order valence-electron chi connectivity index (χ4n) is 3.55. The van der Waals surface area contributed by atoms with Gasteiger partial charge in [-0.15, -0.1) is 0 Å². The van der Waals surface area contributed by atoms with Gasteiger partial charge in [-0.1, -0.05) is 35.4 Å². The van der Waals surface area contributed by atoms with E-state index in [2.05, 4.69) is 9.97 Å². The zero-order chi connectivity index (χ0) is 18.3. The summed E-state index contributed by atoms with van der Waals surface area (Å²) in [5, 5.41) is 21.5. The van der Waals surface area contributed by atoms with Gasteiger partial charge in [0, 0.05) is 16.8 Å². The van der Waals surface area contributed by atoms with Crippen molar-refractivity contribution in [3.8, 4) is 11.5 Å². The van der Waals surface area contributed by atoms with E-state index in [0.717, 1.165) is 44.8 Å². The molecule has 0 saturated carbocycles. The fourth-order valence-corrected chi connectivity index (χ4v) is 3.55. The monoisotopic (exact) mass is 336 g/mol. The van der Waals surface area contributed by atoms with E-state index in [1.165, 1.54) is 0 Å². The number of phenols is 2. The Morgan fingerprint density at radius 2 is 1.28 bits per heavy atom. The summed E-state index contributed by atoms with van der Waals surface area (Å²) in [6.45, 7) is 9.75. The van der Waals surface area contributed by atoms with Crippen LogP contribution in [0.4, 0.5) is 0 Å². The van der Waals surface area contributed by atoms with Crippen molar-refractivity contribution in [1.29, 1.82) is 0 Å². The Kier molecular flexibility index (Phi) is 4.29. The Balaban J connectivity index is 2.36. The molecular formula is C21H24N2O2. The van der Waals surface area contributed by atoms with Crippen LogP contribution >= 0.6 is 0 Å². The number of aryl methyl sites for hydroxylation is 5. The van der Waals surface area contributed by atoms with E-state index in [1.54, 1.807) is 6.33 Å². The maximum absolute atomic E-state index is 10.8. The first kappa shape index (κ1) is 17.1. The lowest BCUT2D eigenvalue weighted by molar-refractivity contribution is 0.453. The lowest BCUT2D eigenvalue weighted by Crippen LogP contribution is -2.08. The summed E-state index contributed by atoms with van der Waals surface area (Å²) in [5.41, 5.74) is 7.00. The molecule has 25 heavy (non-hydrogen) atoms. The first-order chi connectivity index (χ1) is 11.8. The van der Waals surface area contributed by atoms with Gasteiger partial charge in [-0.3, -0.25) is 0 Å². The molecule has 4 heteroatoms. The molecule has 3 rings (SSSR count). The predicted octanol–water partition coefficient (Wildman–Crippen LogP) is 4.54. The van der Waals surface area contributed by atoms with E-state index < -0.39 is 0 Å². The molecule has 0 atom stereocenters. The highest BCUT2D eigenvalue weighted by Gasteiger charge is 2.27. The van der Waals surface area contributed by atoms with Crippen LogP contribution in [-0.4, -0.2) is 20.2 Å². The van der Waals surface area contributed by atoms with Crippen LogP contribution < -0.4 is 0 Å². The maximum Gasteiger partial charge on any atom is 0.122 e. The number of phenolic OH excluding ortho intramolecular Hbond substituents is 2. The molecule has 0 aliphatic heterocycles. The summed E-state index contributed by atoms with van der Waals surface area (Å²) in [6, 6.07) is 7.85. The minimum atomic E-state index is -0.344. The van der Waals surface area contributed by atoms with Crippen molar-refractivity contribution in [3.63, 3.8) is 0 Å². The SMILES string of the molecule is Cc1cc(C)c(O)c(C(c2cc(C)cc(C)c2O)c2nc[nH]c2C)c1. The summed E-state index contributed by atoms with van der Waals surface area (Å²) in [7, 11) is 0. The molecule has 4 nitrogen and oxygen atoms in total. The quantitative estimate of drug-likeness (QED) is 0.657. The number of nitrogens with zero attached hydrogens (tertiary/aromatic N) is 1. The van der Waals surface area contributed by atoms with Crippen LogP contribution in [0.25, 0.3) is 0 Å². The second-order valence-corrected chi connectivity index (χ2v) is 6.89. The van der Waals surface area contributed by atoms with Crippen molar-refractivity contribution in [2.24, 2.45) is 0 Å². The van der Waals surface area contributed by atoms with Gasteiger partial charge in [0.15, 0.2) is 0 Å². The maximum atomic E-state index is 10.8. The second-order valence-electron chi connectivity index (χ2n) is 6.89. The van der Waals surface area contributed by atoms with E-state index >= 15 is 0 Å². The first-order valence-electron chi connectivity index (χ1n) is 8.39. The molecule has 3 aromatic rings. The summed E-state index contributed by atoms with van der Waals surface area (Å²) in [5.74, 6) is 0.150. The number of hydrogen-bond donors (Lipinski definition) is 3. The molecule has 3 N–H and O–H groups in total. The third kappa shape index (κ3) is 3.00. The third-order valence-corrected chi connectivity index (χ3v) is 4.71. The molecule has 2 aromatic carbocycles. The van der Waals surface area contributed by atoms with E-state index in [1.807, 2.05) is 58.9 Å². The topological polar surface area (TPSA) is 69.1 Å². The number of aromatic amines is 1. The molecule has 0 spiro atoms. The number of H-pyrrole nitrogens is 1. The van der Waals surface area contributed by atoms with Crippen molar-refractivity contribution < 1.29 is 10.2 Å². The van der Waals surface area contributed by atoms with Gasteiger partial charge >= 0.3 is 0 Å². The van der Waals surface area contributed by atoms with Crippen LogP contribution in [0.2, 0.25) is 0 Å². The van der Waals surface area contributed by atoms with Gasteiger partial charge in [0.25, 0.3) is 0 Å². The van der Waals surface area contributed by atoms with Crippen molar-refractivity contribution in [2.45, 2.75) is 40.5 Å². The summed E-state index contributed by atoms with van der Waals surface area (Å²) < 4.78 is 0. The molecule has 0 amide bonds. The molecule has 1 aromatic heterocycles. The first-order valence-corrected chi connectivity index (χ1v) is 8.39. The van der Waals surface area contributed by atoms with Crippen LogP contribution in [0.1, 0.15) is 50.7 Å². The van der Waals surface area contributed by atoms with Crippen molar-refractivity contribution in [3.05, 3.63) is 75.4 Å². The fraction of sp³-hybridized carbons (Fsp3) is 0.286. The van der Waals surface area contributed by atoms with E-state index in [0.29, 0.717) is 0 Å². The highest BCUT2D eigenvalue weighted by molar-refractivity contribution is 5.57. The molecule has 0 saturated heterocycles. The van der Waals surface area contributed by atoms with Crippen LogP contribution in [0.15, 0.2) is 30.6 Å².